The lowest BCUT2D eigenvalue weighted by molar-refractivity contribution is -0.167. The molecule has 1 aliphatic carbocycles. The van der Waals surface area contributed by atoms with E-state index in [9.17, 15) is 22.8 Å². The first-order valence-electron chi connectivity index (χ1n) is 8.63. The van der Waals surface area contributed by atoms with Gasteiger partial charge in [0.1, 0.15) is 9.30 Å². The lowest BCUT2D eigenvalue weighted by Crippen LogP contribution is -2.30. The average Bonchev–Trinajstić information content (AvgIpc) is 3.44. The van der Waals surface area contributed by atoms with Crippen LogP contribution < -0.4 is 5.32 Å². The second-order valence-corrected chi connectivity index (χ2v) is 7.94. The zero-order valence-electron chi connectivity index (χ0n) is 15.1. The summed E-state index contributed by atoms with van der Waals surface area (Å²) in [6.07, 6.45) is -3.20. The first-order chi connectivity index (χ1) is 13.6. The van der Waals surface area contributed by atoms with Crippen molar-refractivity contribution in [1.29, 1.82) is 0 Å². The van der Waals surface area contributed by atoms with E-state index in [1.807, 2.05) is 12.1 Å². The number of esters is 1. The molecule has 0 saturated heterocycles. The summed E-state index contributed by atoms with van der Waals surface area (Å²) >= 11 is 7.92. The maximum atomic E-state index is 12.5. The Labute approximate surface area is 183 Å². The molecule has 29 heavy (non-hydrogen) atoms. The van der Waals surface area contributed by atoms with Gasteiger partial charge < -0.3 is 10.1 Å². The molecule has 3 rings (SSSR count). The van der Waals surface area contributed by atoms with Crippen molar-refractivity contribution in [2.75, 3.05) is 5.32 Å². The Kier molecular flexibility index (Phi) is 6.09. The van der Waals surface area contributed by atoms with Crippen LogP contribution in [0.4, 0.5) is 18.9 Å². The van der Waals surface area contributed by atoms with Crippen LogP contribution in [0, 0.1) is 3.70 Å². The Morgan fingerprint density at radius 1 is 1.28 bits per heavy atom. The fourth-order valence-electron chi connectivity index (χ4n) is 2.73. The largest absolute Gasteiger partial charge is 0.471 e. The molecule has 2 aromatic rings. The van der Waals surface area contributed by atoms with Crippen molar-refractivity contribution in [3.8, 4) is 11.3 Å². The maximum Gasteiger partial charge on any atom is 0.471 e. The van der Waals surface area contributed by atoms with Crippen molar-refractivity contribution in [1.82, 2.24) is 4.98 Å². The molecule has 154 valence electrons. The number of aromatic nitrogens is 1. The number of benzene rings is 1. The fourth-order valence-corrected chi connectivity index (χ4v) is 3.53. The minimum atomic E-state index is -5.01. The van der Waals surface area contributed by atoms with Crippen molar-refractivity contribution in [2.24, 2.45) is 0 Å². The molecule has 1 amide bonds. The molecule has 1 N–H and O–H groups in total. The van der Waals surface area contributed by atoms with E-state index in [2.05, 4.69) is 4.98 Å². The van der Waals surface area contributed by atoms with Crippen LogP contribution in [0.25, 0.3) is 11.3 Å². The topological polar surface area (TPSA) is 68.3 Å². The van der Waals surface area contributed by atoms with Gasteiger partial charge in [-0.25, -0.2) is 4.98 Å². The molecule has 1 aromatic heterocycles. The lowest BCUT2D eigenvalue weighted by atomic mass is 10.0. The minimum absolute atomic E-state index is 0.0918. The maximum absolute atomic E-state index is 12.5. The van der Waals surface area contributed by atoms with Crippen molar-refractivity contribution >= 4 is 51.8 Å². The van der Waals surface area contributed by atoms with E-state index in [4.69, 9.17) is 16.3 Å². The number of anilines is 1. The number of pyridine rings is 1. The van der Waals surface area contributed by atoms with E-state index in [0.29, 0.717) is 17.7 Å². The third-order valence-electron chi connectivity index (χ3n) is 4.42. The smallest absolute Gasteiger partial charge is 0.454 e. The van der Waals surface area contributed by atoms with Crippen LogP contribution in [0.5, 0.6) is 0 Å². The van der Waals surface area contributed by atoms with Crippen molar-refractivity contribution in [3.63, 3.8) is 0 Å². The van der Waals surface area contributed by atoms with Crippen LogP contribution >= 0.6 is 34.2 Å². The minimum Gasteiger partial charge on any atom is -0.454 e. The number of nitrogens with one attached hydrogen (secondary N) is 1. The first kappa shape index (κ1) is 21.8. The van der Waals surface area contributed by atoms with Crippen molar-refractivity contribution in [2.45, 2.75) is 38.0 Å². The quantitative estimate of drug-likeness (QED) is 0.312. The predicted octanol–water partition coefficient (Wildman–Crippen LogP) is 5.45. The number of rotatable bonds is 5. The Morgan fingerprint density at radius 2 is 1.90 bits per heavy atom. The molecule has 10 heteroatoms. The number of halogens is 5. The van der Waals surface area contributed by atoms with E-state index in [1.54, 1.807) is 47.0 Å². The van der Waals surface area contributed by atoms with Crippen LogP contribution in [-0.4, -0.2) is 23.0 Å². The van der Waals surface area contributed by atoms with E-state index in [1.165, 1.54) is 6.07 Å². The normalized spacial score (nSPS) is 15.0. The second-order valence-electron chi connectivity index (χ2n) is 6.51. The second kappa shape index (κ2) is 8.10. The predicted molar refractivity (Wildman–Crippen MR) is 109 cm³/mol. The van der Waals surface area contributed by atoms with Crippen molar-refractivity contribution < 1.29 is 27.5 Å². The summed E-state index contributed by atoms with van der Waals surface area (Å²) in [4.78, 5) is 27.0. The molecule has 0 atom stereocenters. The molecule has 0 unspecified atom stereocenters. The molecular formula is C19H15ClF3IN2O3. The van der Waals surface area contributed by atoms with E-state index in [-0.39, 0.29) is 20.4 Å². The highest BCUT2D eigenvalue weighted by Gasteiger charge is 2.48. The molecule has 0 spiro atoms. The fraction of sp³-hybridized carbons (Fsp3) is 0.316. The Bertz CT molecular complexity index is 960. The summed E-state index contributed by atoms with van der Waals surface area (Å²) in [6.45, 7) is 1.73. The van der Waals surface area contributed by atoms with Gasteiger partial charge in [0.15, 0.2) is 0 Å². The van der Waals surface area contributed by atoms with Gasteiger partial charge in [0.25, 0.3) is 0 Å². The molecule has 0 aliphatic heterocycles. The lowest BCUT2D eigenvalue weighted by Gasteiger charge is -2.17. The number of ether oxygens (including phenoxy) is 1. The van der Waals surface area contributed by atoms with Gasteiger partial charge in [-0.1, -0.05) is 42.8 Å². The number of carbonyl (C=O) groups excluding carboxylic acids is 2. The van der Waals surface area contributed by atoms with Gasteiger partial charge in [0.05, 0.1) is 16.4 Å². The molecular weight excluding hydrogens is 524 g/mol. The number of nitrogens with zero attached hydrogens (tertiary/aromatic N) is 1. The van der Waals surface area contributed by atoms with Crippen LogP contribution in [-0.2, 0) is 19.9 Å². The molecule has 1 heterocycles. The van der Waals surface area contributed by atoms with Crippen LogP contribution in [0.1, 0.15) is 31.7 Å². The third kappa shape index (κ3) is 4.82. The Hall–Kier alpha value is -1.88. The Morgan fingerprint density at radius 3 is 2.41 bits per heavy atom. The number of amides is 1. The molecule has 1 aromatic carbocycles. The molecule has 0 radical (unpaired) electrons. The average molecular weight is 539 g/mol. The molecule has 1 aliphatic rings. The zero-order chi connectivity index (χ0) is 21.4. The van der Waals surface area contributed by atoms with Crippen molar-refractivity contribution in [3.05, 3.63) is 44.6 Å². The van der Waals surface area contributed by atoms with Gasteiger partial charge in [0, 0.05) is 12.0 Å². The third-order valence-corrected chi connectivity index (χ3v) is 5.53. The monoisotopic (exact) mass is 538 g/mol. The summed E-state index contributed by atoms with van der Waals surface area (Å²) in [5, 5.41) is 1.86. The van der Waals surface area contributed by atoms with E-state index >= 15 is 0 Å². The SMILES string of the molecule is CCC(=O)OC1(c2ccc(-c3nc(I)c(NC(=O)C(F)(F)F)cc3Cl)cc2)CC1. The summed E-state index contributed by atoms with van der Waals surface area (Å²) in [5.41, 5.74) is 1.17. The van der Waals surface area contributed by atoms with Crippen LogP contribution in [0.3, 0.4) is 0 Å². The summed E-state index contributed by atoms with van der Waals surface area (Å²) in [5.74, 6) is -2.36. The summed E-state index contributed by atoms with van der Waals surface area (Å²) in [7, 11) is 0. The van der Waals surface area contributed by atoms with Gasteiger partial charge in [-0.2, -0.15) is 13.2 Å². The highest BCUT2D eigenvalue weighted by molar-refractivity contribution is 14.1. The van der Waals surface area contributed by atoms with Gasteiger partial charge in [-0.15, -0.1) is 0 Å². The summed E-state index contributed by atoms with van der Waals surface area (Å²) < 4.78 is 43.1. The van der Waals surface area contributed by atoms with Gasteiger partial charge in [-0.05, 0) is 47.1 Å². The molecule has 0 bridgehead atoms. The van der Waals surface area contributed by atoms with Gasteiger partial charge >= 0.3 is 18.1 Å². The van der Waals surface area contributed by atoms with E-state index < -0.39 is 17.7 Å². The van der Waals surface area contributed by atoms with Crippen LogP contribution in [0.15, 0.2) is 30.3 Å². The number of alkyl halides is 3. The highest BCUT2D eigenvalue weighted by atomic mass is 127. The number of hydrogen-bond donors (Lipinski definition) is 1. The Balaban J connectivity index is 1.83. The molecule has 1 saturated carbocycles. The summed E-state index contributed by atoms with van der Waals surface area (Å²) in [6, 6.07) is 8.38. The standard InChI is InChI=1S/C19H15ClF3IN2O3/c1-2-14(27)29-18(7-8-18)11-5-3-10(4-6-11)15-12(20)9-13(16(24)26-15)25-17(28)19(21,22)23/h3-6,9H,2,7-8H2,1H3,(H,25,28). The zero-order valence-corrected chi connectivity index (χ0v) is 18.0. The molecule has 5 nitrogen and oxygen atoms in total. The van der Waals surface area contributed by atoms with E-state index in [0.717, 1.165) is 18.4 Å². The highest BCUT2D eigenvalue weighted by Crippen LogP contribution is 2.49. The van der Waals surface area contributed by atoms with Gasteiger partial charge in [-0.3, -0.25) is 9.59 Å². The first-order valence-corrected chi connectivity index (χ1v) is 10.1. The molecule has 1 fully saturated rings. The number of hydrogen-bond acceptors (Lipinski definition) is 4. The van der Waals surface area contributed by atoms with Crippen LogP contribution in [0.2, 0.25) is 5.02 Å². The van der Waals surface area contributed by atoms with Gasteiger partial charge in [0.2, 0.25) is 0 Å². The number of carbonyl (C=O) groups is 2.